The zero-order valence-corrected chi connectivity index (χ0v) is 7.56. The van der Waals surface area contributed by atoms with E-state index in [4.69, 9.17) is 0 Å². The van der Waals surface area contributed by atoms with Gasteiger partial charge in [0.15, 0.2) is 0 Å². The molecule has 0 radical (unpaired) electrons. The van der Waals surface area contributed by atoms with Crippen molar-refractivity contribution < 1.29 is 21.7 Å². The second-order valence-corrected chi connectivity index (χ2v) is 3.79. The van der Waals surface area contributed by atoms with Crippen molar-refractivity contribution in [3.63, 3.8) is 0 Å². The predicted molar refractivity (Wildman–Crippen MR) is 46.8 cm³/mol. The topological polar surface area (TPSA) is 0 Å². The highest BCUT2D eigenvalue weighted by atomic mass is 19.4. The molecule has 2 rings (SSSR count). The van der Waals surface area contributed by atoms with Gasteiger partial charge in [-0.05, 0) is 0 Å². The van der Waals surface area contributed by atoms with Crippen molar-refractivity contribution in [2.45, 2.75) is 17.7 Å². The number of hydrogen-bond acceptors (Lipinski definition) is 0. The summed E-state index contributed by atoms with van der Waals surface area (Å²) in [6.07, 6.45) is -1.12. The summed E-state index contributed by atoms with van der Waals surface area (Å²) in [4.78, 5) is 0. The Kier molecular flexibility index (Phi) is 1.91. The van der Waals surface area contributed by atoms with Crippen molar-refractivity contribution in [2.75, 3.05) is 0 Å². The quantitative estimate of drug-likeness (QED) is 0.530. The van der Waals surface area contributed by atoms with Gasteiger partial charge >= 0.3 is 6.98 Å². The van der Waals surface area contributed by atoms with Crippen LogP contribution in [0.3, 0.4) is 0 Å². The van der Waals surface area contributed by atoms with Crippen LogP contribution in [0.4, 0.5) is 21.7 Å². The van der Waals surface area contributed by atoms with Gasteiger partial charge in [-0.25, -0.2) is 8.78 Å². The second kappa shape index (κ2) is 2.74. The zero-order chi connectivity index (χ0) is 11.3. The summed E-state index contributed by atoms with van der Waals surface area (Å²) < 4.78 is 63.8. The minimum absolute atomic E-state index is 0.331. The first-order chi connectivity index (χ1) is 6.81. The van der Waals surface area contributed by atoms with Gasteiger partial charge in [-0.2, -0.15) is 0 Å². The van der Waals surface area contributed by atoms with Crippen molar-refractivity contribution in [1.29, 1.82) is 0 Å². The van der Waals surface area contributed by atoms with E-state index in [0.717, 1.165) is 12.1 Å². The van der Waals surface area contributed by atoms with Crippen LogP contribution in [0, 0.1) is 0 Å². The maximum atomic E-state index is 12.9. The summed E-state index contributed by atoms with van der Waals surface area (Å²) in [5.74, 6) is -3.65. The van der Waals surface area contributed by atoms with Crippen molar-refractivity contribution in [3.05, 3.63) is 35.9 Å². The summed E-state index contributed by atoms with van der Waals surface area (Å²) in [5, 5.41) is -2.89. The molecule has 0 N–H and O–H groups in total. The van der Waals surface area contributed by atoms with Crippen LogP contribution in [0.2, 0.25) is 0 Å². The Morgan fingerprint density at radius 1 is 1.00 bits per heavy atom. The van der Waals surface area contributed by atoms with E-state index in [0.29, 0.717) is 0 Å². The Morgan fingerprint density at radius 3 is 1.80 bits per heavy atom. The van der Waals surface area contributed by atoms with Crippen LogP contribution in [0.1, 0.15) is 12.0 Å². The first-order valence-electron chi connectivity index (χ1n) is 4.44. The van der Waals surface area contributed by atoms with E-state index in [1.165, 1.54) is 18.2 Å². The van der Waals surface area contributed by atoms with Crippen LogP contribution in [-0.2, 0) is 5.31 Å². The summed E-state index contributed by atoms with van der Waals surface area (Å²) >= 11 is 0. The standard InChI is InChI=1S/C9H7BF5/c11-9(12)6-8(9,10(13,14)15)7-4-2-1-3-5-7/h1-5H,6H2/q-1. The van der Waals surface area contributed by atoms with E-state index < -0.39 is 24.6 Å². The first kappa shape index (κ1) is 10.5. The lowest BCUT2D eigenvalue weighted by molar-refractivity contribution is 0.0951. The molecule has 15 heavy (non-hydrogen) atoms. The molecule has 6 heteroatoms. The van der Waals surface area contributed by atoms with E-state index in [1.807, 2.05) is 0 Å². The van der Waals surface area contributed by atoms with Crippen LogP contribution in [0.5, 0.6) is 0 Å². The van der Waals surface area contributed by atoms with Crippen molar-refractivity contribution >= 4 is 6.98 Å². The van der Waals surface area contributed by atoms with E-state index in [2.05, 4.69) is 0 Å². The number of alkyl halides is 2. The molecular weight excluding hydrogens is 214 g/mol. The Balaban J connectivity index is 2.49. The van der Waals surface area contributed by atoms with Crippen LogP contribution < -0.4 is 0 Å². The summed E-state index contributed by atoms with van der Waals surface area (Å²) in [6, 6.07) is 6.40. The molecule has 0 aliphatic heterocycles. The van der Waals surface area contributed by atoms with Crippen LogP contribution in [-0.4, -0.2) is 12.9 Å². The Hall–Kier alpha value is -1.07. The van der Waals surface area contributed by atoms with Gasteiger partial charge in [-0.15, -0.1) is 0 Å². The summed E-state index contributed by atoms with van der Waals surface area (Å²) in [7, 11) is 0. The summed E-state index contributed by atoms with van der Waals surface area (Å²) in [5.41, 5.74) is -0.331. The fourth-order valence-electron chi connectivity index (χ4n) is 1.90. The molecule has 0 saturated heterocycles. The molecule has 0 heterocycles. The molecule has 0 spiro atoms. The normalized spacial score (nSPS) is 28.9. The number of hydrogen-bond donors (Lipinski definition) is 0. The predicted octanol–water partition coefficient (Wildman–Crippen LogP) is 3.35. The molecule has 1 aliphatic rings. The molecule has 1 unspecified atom stereocenters. The molecule has 1 aliphatic carbocycles. The molecule has 0 bridgehead atoms. The lowest BCUT2D eigenvalue weighted by atomic mass is 9.64. The van der Waals surface area contributed by atoms with Gasteiger partial charge in [0.2, 0.25) is 5.92 Å². The third-order valence-corrected chi connectivity index (χ3v) is 2.88. The Labute approximate surface area is 83.2 Å². The molecule has 0 amide bonds. The molecule has 1 aromatic rings. The highest BCUT2D eigenvalue weighted by molar-refractivity contribution is 6.63. The number of halogens is 5. The van der Waals surface area contributed by atoms with Gasteiger partial charge in [-0.3, -0.25) is 0 Å². The van der Waals surface area contributed by atoms with Crippen LogP contribution in [0.15, 0.2) is 30.3 Å². The third-order valence-electron chi connectivity index (χ3n) is 2.88. The molecule has 1 saturated carbocycles. The number of benzene rings is 1. The smallest absolute Gasteiger partial charge is 0.448 e. The molecular formula is C9H7BF5-. The van der Waals surface area contributed by atoms with Gasteiger partial charge in [-0.1, -0.05) is 35.9 Å². The van der Waals surface area contributed by atoms with E-state index >= 15 is 0 Å². The second-order valence-electron chi connectivity index (χ2n) is 3.79. The average molecular weight is 221 g/mol. The molecule has 0 nitrogen and oxygen atoms in total. The SMILES string of the molecule is F[B-](F)(F)C1(c2ccccc2)CC1(F)F. The van der Waals surface area contributed by atoms with Gasteiger partial charge in [0, 0.05) is 11.7 Å². The minimum Gasteiger partial charge on any atom is -0.448 e. The Bertz CT molecular complexity index is 372. The lowest BCUT2D eigenvalue weighted by Gasteiger charge is -2.27. The monoisotopic (exact) mass is 221 g/mol. The zero-order valence-electron chi connectivity index (χ0n) is 7.56. The summed E-state index contributed by atoms with van der Waals surface area (Å²) in [6.45, 7) is -5.58. The van der Waals surface area contributed by atoms with E-state index in [1.54, 1.807) is 0 Å². The fourth-order valence-corrected chi connectivity index (χ4v) is 1.90. The van der Waals surface area contributed by atoms with Crippen LogP contribution >= 0.6 is 0 Å². The lowest BCUT2D eigenvalue weighted by Crippen LogP contribution is -2.40. The van der Waals surface area contributed by atoms with Gasteiger partial charge in [0.05, 0.1) is 0 Å². The molecule has 0 aromatic heterocycles. The Morgan fingerprint density at radius 2 is 1.47 bits per heavy atom. The molecule has 1 aromatic carbocycles. The number of rotatable bonds is 2. The maximum absolute atomic E-state index is 12.9. The minimum atomic E-state index is -5.58. The van der Waals surface area contributed by atoms with Gasteiger partial charge in [0.25, 0.3) is 0 Å². The average Bonchev–Trinajstić information content (AvgIpc) is 2.72. The van der Waals surface area contributed by atoms with E-state index in [9.17, 15) is 21.7 Å². The molecule has 1 fully saturated rings. The largest absolute Gasteiger partial charge is 0.494 e. The van der Waals surface area contributed by atoms with Crippen molar-refractivity contribution in [1.82, 2.24) is 0 Å². The highest BCUT2D eigenvalue weighted by Gasteiger charge is 2.78. The van der Waals surface area contributed by atoms with Crippen molar-refractivity contribution in [3.8, 4) is 0 Å². The highest BCUT2D eigenvalue weighted by Crippen LogP contribution is 2.66. The fraction of sp³-hybridized carbons (Fsp3) is 0.333. The van der Waals surface area contributed by atoms with E-state index in [-0.39, 0.29) is 5.56 Å². The first-order valence-corrected chi connectivity index (χ1v) is 4.44. The van der Waals surface area contributed by atoms with Crippen molar-refractivity contribution in [2.24, 2.45) is 0 Å². The van der Waals surface area contributed by atoms with Gasteiger partial charge in [0.1, 0.15) is 0 Å². The maximum Gasteiger partial charge on any atom is 0.494 e. The third kappa shape index (κ3) is 1.27. The molecule has 1 atom stereocenters. The van der Waals surface area contributed by atoms with Gasteiger partial charge < -0.3 is 12.9 Å². The molecule has 82 valence electrons. The van der Waals surface area contributed by atoms with Crippen LogP contribution in [0.25, 0.3) is 0 Å².